The number of rotatable bonds is 3. The second-order valence-corrected chi connectivity index (χ2v) is 8.32. The molecule has 0 radical (unpaired) electrons. The van der Waals surface area contributed by atoms with Crippen molar-refractivity contribution in [3.8, 4) is 0 Å². The highest BCUT2D eigenvalue weighted by molar-refractivity contribution is 6.32. The van der Waals surface area contributed by atoms with E-state index in [0.29, 0.717) is 27.1 Å². The summed E-state index contributed by atoms with van der Waals surface area (Å²) in [5.41, 5.74) is 7.47. The number of fused-ring (bicyclic) bond motifs is 3. The summed E-state index contributed by atoms with van der Waals surface area (Å²) >= 11 is 6.20. The Morgan fingerprint density at radius 1 is 0.971 bits per heavy atom. The minimum atomic E-state index is -0.806. The normalized spacial score (nSPS) is 12.4. The van der Waals surface area contributed by atoms with Gasteiger partial charge in [0.25, 0.3) is 0 Å². The number of carbonyl (C=O) groups excluding carboxylic acids is 3. The highest BCUT2D eigenvalue weighted by Crippen LogP contribution is 2.33. The Bertz CT molecular complexity index is 1620. The molecule has 5 rings (SSSR count). The maximum atomic E-state index is 13.0. The van der Waals surface area contributed by atoms with Crippen LogP contribution in [0, 0.1) is 6.92 Å². The van der Waals surface area contributed by atoms with E-state index in [2.05, 4.69) is 0 Å². The van der Waals surface area contributed by atoms with Crippen molar-refractivity contribution in [2.45, 2.75) is 13.5 Å². The molecule has 3 aromatic carbocycles. The first kappa shape index (κ1) is 21.6. The van der Waals surface area contributed by atoms with E-state index in [1.54, 1.807) is 43.3 Å². The number of aryl methyl sites for hydroxylation is 1. The Morgan fingerprint density at radius 2 is 1.68 bits per heavy atom. The van der Waals surface area contributed by atoms with Crippen LogP contribution in [0.25, 0.3) is 11.0 Å². The monoisotopic (exact) mass is 473 g/mol. The molecule has 0 amide bonds. The number of benzene rings is 3. The van der Waals surface area contributed by atoms with Crippen molar-refractivity contribution in [3.63, 3.8) is 0 Å². The van der Waals surface area contributed by atoms with Gasteiger partial charge in [-0.05, 0) is 36.8 Å². The minimum absolute atomic E-state index is 0.0220. The molecule has 168 valence electrons. The lowest BCUT2D eigenvalue weighted by Gasteiger charge is -2.20. The Hall–Kier alpha value is -4.23. The molecule has 1 aliphatic carbocycles. The van der Waals surface area contributed by atoms with Crippen molar-refractivity contribution in [3.05, 3.63) is 109 Å². The quantitative estimate of drug-likeness (QED) is 0.233. The smallest absolute Gasteiger partial charge is 0.340 e. The van der Waals surface area contributed by atoms with Gasteiger partial charge < -0.3 is 14.9 Å². The second-order valence-electron chi connectivity index (χ2n) is 7.92. The molecule has 1 aliphatic rings. The molecule has 34 heavy (non-hydrogen) atoms. The Morgan fingerprint density at radius 3 is 2.41 bits per heavy atom. The van der Waals surface area contributed by atoms with E-state index in [4.69, 9.17) is 26.5 Å². The van der Waals surface area contributed by atoms with E-state index in [1.165, 1.54) is 18.2 Å². The predicted octanol–water partition coefficient (Wildman–Crippen LogP) is 4.47. The van der Waals surface area contributed by atoms with Gasteiger partial charge in [0.05, 0.1) is 16.8 Å². The van der Waals surface area contributed by atoms with E-state index in [1.807, 2.05) is 0 Å². The van der Waals surface area contributed by atoms with Gasteiger partial charge in [-0.1, -0.05) is 35.9 Å². The number of nitrogen functional groups attached to an aromatic ring is 1. The predicted molar refractivity (Wildman–Crippen MR) is 126 cm³/mol. The van der Waals surface area contributed by atoms with Crippen LogP contribution in [-0.2, 0) is 11.3 Å². The van der Waals surface area contributed by atoms with Crippen LogP contribution in [0.15, 0.2) is 63.8 Å². The summed E-state index contributed by atoms with van der Waals surface area (Å²) < 4.78 is 10.6. The highest BCUT2D eigenvalue weighted by atomic mass is 35.5. The standard InChI is InChI=1S/C26H16ClNO6/c1-12-8-20-18(10-19(12)27)13(9-21(29)34-20)11-33-26(32)17-7-6-16-22(23(17)28)25(31)15-5-3-2-4-14(15)24(16)30/h2-10H,11,28H2,1H3. The molecular weight excluding hydrogens is 458 g/mol. The molecule has 0 unspecified atom stereocenters. The number of hydrogen-bond acceptors (Lipinski definition) is 7. The van der Waals surface area contributed by atoms with Crippen LogP contribution in [0.2, 0.25) is 5.02 Å². The summed E-state index contributed by atoms with van der Waals surface area (Å²) in [5, 5.41) is 0.995. The molecule has 0 spiro atoms. The van der Waals surface area contributed by atoms with Gasteiger partial charge in [0.2, 0.25) is 0 Å². The molecule has 0 fully saturated rings. The van der Waals surface area contributed by atoms with E-state index in [9.17, 15) is 19.2 Å². The number of carbonyl (C=O) groups is 3. The van der Waals surface area contributed by atoms with Crippen LogP contribution in [0.5, 0.6) is 0 Å². The Labute approximate surface area is 197 Å². The van der Waals surface area contributed by atoms with Crippen LogP contribution in [0.3, 0.4) is 0 Å². The molecule has 0 saturated heterocycles. The lowest BCUT2D eigenvalue weighted by atomic mass is 9.82. The van der Waals surface area contributed by atoms with Gasteiger partial charge in [0.15, 0.2) is 11.6 Å². The number of ketones is 2. The van der Waals surface area contributed by atoms with Crippen LogP contribution in [0.4, 0.5) is 5.69 Å². The SMILES string of the molecule is Cc1cc2oc(=O)cc(COC(=O)c3ccc4c(c3N)C(=O)c3ccccc3C4=O)c2cc1Cl. The lowest BCUT2D eigenvalue weighted by molar-refractivity contribution is 0.0475. The molecule has 1 aromatic heterocycles. The third-order valence-electron chi connectivity index (χ3n) is 5.82. The Kier molecular flexibility index (Phi) is 5.06. The van der Waals surface area contributed by atoms with Crippen LogP contribution >= 0.6 is 11.6 Å². The number of hydrogen-bond donors (Lipinski definition) is 1. The molecule has 0 saturated carbocycles. The first-order valence-corrected chi connectivity index (χ1v) is 10.6. The van der Waals surface area contributed by atoms with Crippen molar-refractivity contribution in [2.24, 2.45) is 0 Å². The molecule has 7 nitrogen and oxygen atoms in total. The van der Waals surface area contributed by atoms with Crippen molar-refractivity contribution in [1.82, 2.24) is 0 Å². The fourth-order valence-electron chi connectivity index (χ4n) is 4.08. The maximum Gasteiger partial charge on any atom is 0.340 e. The van der Waals surface area contributed by atoms with Gasteiger partial charge in [-0.3, -0.25) is 9.59 Å². The Balaban J connectivity index is 1.48. The number of halogens is 1. The van der Waals surface area contributed by atoms with Crippen LogP contribution in [0.1, 0.15) is 53.3 Å². The van der Waals surface area contributed by atoms with E-state index in [-0.39, 0.29) is 40.3 Å². The molecule has 1 heterocycles. The number of nitrogens with two attached hydrogens (primary N) is 1. The van der Waals surface area contributed by atoms with Gasteiger partial charge >= 0.3 is 11.6 Å². The number of esters is 1. The van der Waals surface area contributed by atoms with Gasteiger partial charge in [-0.25, -0.2) is 9.59 Å². The summed E-state index contributed by atoms with van der Waals surface area (Å²) in [4.78, 5) is 50.7. The third-order valence-corrected chi connectivity index (χ3v) is 6.23. The third kappa shape index (κ3) is 3.38. The summed E-state index contributed by atoms with van der Waals surface area (Å²) in [6, 6.07) is 13.7. The molecule has 2 N–H and O–H groups in total. The second kappa shape index (κ2) is 7.97. The van der Waals surface area contributed by atoms with Gasteiger partial charge in [-0.15, -0.1) is 0 Å². The van der Waals surface area contributed by atoms with E-state index in [0.717, 1.165) is 5.56 Å². The average Bonchev–Trinajstić information content (AvgIpc) is 2.81. The zero-order chi connectivity index (χ0) is 24.1. The van der Waals surface area contributed by atoms with Gasteiger partial charge in [0, 0.05) is 38.7 Å². The van der Waals surface area contributed by atoms with Gasteiger partial charge in [-0.2, -0.15) is 0 Å². The summed E-state index contributed by atoms with van der Waals surface area (Å²) in [5.74, 6) is -1.58. The zero-order valence-corrected chi connectivity index (χ0v) is 18.6. The fourth-order valence-corrected chi connectivity index (χ4v) is 4.24. The lowest BCUT2D eigenvalue weighted by Crippen LogP contribution is -2.24. The summed E-state index contributed by atoms with van der Waals surface area (Å²) in [6.07, 6.45) is 0. The fraction of sp³-hybridized carbons (Fsp3) is 0.0769. The molecule has 0 aliphatic heterocycles. The zero-order valence-electron chi connectivity index (χ0n) is 17.8. The highest BCUT2D eigenvalue weighted by Gasteiger charge is 2.33. The topological polar surface area (TPSA) is 117 Å². The van der Waals surface area contributed by atoms with Crippen LogP contribution in [-0.4, -0.2) is 17.5 Å². The molecule has 0 bridgehead atoms. The van der Waals surface area contributed by atoms with Crippen LogP contribution < -0.4 is 11.4 Å². The maximum absolute atomic E-state index is 13.0. The first-order chi connectivity index (χ1) is 16.3. The molecule has 8 heteroatoms. The number of ether oxygens (including phenoxy) is 1. The van der Waals surface area contributed by atoms with E-state index >= 15 is 0 Å². The molecule has 4 aromatic rings. The molecular formula is C26H16ClNO6. The summed E-state index contributed by atoms with van der Waals surface area (Å²) in [7, 11) is 0. The minimum Gasteiger partial charge on any atom is -0.457 e. The van der Waals surface area contributed by atoms with E-state index < -0.39 is 17.4 Å². The summed E-state index contributed by atoms with van der Waals surface area (Å²) in [6.45, 7) is 1.52. The number of anilines is 1. The largest absolute Gasteiger partial charge is 0.457 e. The van der Waals surface area contributed by atoms with Crippen molar-refractivity contribution < 1.29 is 23.5 Å². The van der Waals surface area contributed by atoms with Crippen molar-refractivity contribution in [1.29, 1.82) is 0 Å². The van der Waals surface area contributed by atoms with Crippen molar-refractivity contribution in [2.75, 3.05) is 5.73 Å². The van der Waals surface area contributed by atoms with Gasteiger partial charge in [0.1, 0.15) is 12.2 Å². The average molecular weight is 474 g/mol. The van der Waals surface area contributed by atoms with Crippen molar-refractivity contribution >= 4 is 45.8 Å². The molecule has 0 atom stereocenters. The first-order valence-electron chi connectivity index (χ1n) is 10.3.